The largest absolute Gasteiger partial charge is 0.550 e. The lowest BCUT2D eigenvalue weighted by Crippen LogP contribution is -2.32. The van der Waals surface area contributed by atoms with Gasteiger partial charge in [-0.2, -0.15) is 5.10 Å². The first-order chi connectivity index (χ1) is 13.0. The van der Waals surface area contributed by atoms with Gasteiger partial charge in [0.15, 0.2) is 0 Å². The molecule has 5 heteroatoms. The van der Waals surface area contributed by atoms with E-state index in [-0.39, 0.29) is 11.8 Å². The van der Waals surface area contributed by atoms with Gasteiger partial charge in [-0.15, -0.1) is 5.10 Å². The van der Waals surface area contributed by atoms with Crippen molar-refractivity contribution in [3.05, 3.63) is 52.3 Å². The summed E-state index contributed by atoms with van der Waals surface area (Å²) in [6.07, 6.45) is 2.91. The topological polar surface area (TPSA) is 75.1 Å². The van der Waals surface area contributed by atoms with E-state index >= 15 is 0 Å². The Morgan fingerprint density at radius 1 is 1.22 bits per heavy atom. The van der Waals surface area contributed by atoms with Crippen molar-refractivity contribution in [1.29, 1.82) is 0 Å². The Morgan fingerprint density at radius 2 is 2.00 bits per heavy atom. The molecule has 0 fully saturated rings. The fraction of sp³-hybridized carbons (Fsp3) is 0.409. The minimum Gasteiger partial charge on any atom is -0.550 e. The number of hydrogen-bond donors (Lipinski definition) is 0. The maximum Gasteiger partial charge on any atom is 0.136 e. The minimum absolute atomic E-state index is 0.143. The number of carboxylic acids is 1. The van der Waals surface area contributed by atoms with E-state index < -0.39 is 5.97 Å². The number of carbonyl (C=O) groups excluding carboxylic acids is 1. The Balaban J connectivity index is 1.93. The number of carboxylic acid groups (broad SMARTS) is 1. The average molecular weight is 363 g/mol. The van der Waals surface area contributed by atoms with Gasteiger partial charge in [-0.05, 0) is 61.9 Å². The third kappa shape index (κ3) is 3.95. The second kappa shape index (κ2) is 7.79. The standard InChI is InChI=1S/C22H24N2O3/c1-4-22(5-2)10-11-27-20-12-15(3)16(13-19(20)22)6-7-17-8-9-18(24-23-17)14-21(25)26/h8-9,12-13H,4-5,10-11,14H2,1-3H3,(H,25,26)/p-1. The molecule has 0 aliphatic carbocycles. The van der Waals surface area contributed by atoms with E-state index in [4.69, 9.17) is 4.74 Å². The van der Waals surface area contributed by atoms with Crippen molar-refractivity contribution in [1.82, 2.24) is 10.2 Å². The van der Waals surface area contributed by atoms with E-state index in [1.165, 1.54) is 5.56 Å². The van der Waals surface area contributed by atoms with E-state index in [1.807, 2.05) is 6.92 Å². The van der Waals surface area contributed by atoms with Crippen LogP contribution in [-0.2, 0) is 16.6 Å². The highest BCUT2D eigenvalue weighted by atomic mass is 16.5. The van der Waals surface area contributed by atoms with Gasteiger partial charge < -0.3 is 14.6 Å². The number of aromatic nitrogens is 2. The number of hydrogen-bond acceptors (Lipinski definition) is 5. The molecular formula is C22H23N2O3-. The molecule has 0 saturated heterocycles. The summed E-state index contributed by atoms with van der Waals surface area (Å²) in [5.74, 6) is 6.01. The lowest BCUT2D eigenvalue weighted by Gasteiger charge is -2.38. The van der Waals surface area contributed by atoms with E-state index in [0.29, 0.717) is 11.4 Å². The first-order valence-electron chi connectivity index (χ1n) is 9.30. The molecule has 140 valence electrons. The minimum atomic E-state index is -1.18. The Hall–Kier alpha value is -2.87. The van der Waals surface area contributed by atoms with Gasteiger partial charge in [-0.3, -0.25) is 0 Å². The molecule has 2 heterocycles. The maximum atomic E-state index is 10.6. The van der Waals surface area contributed by atoms with Gasteiger partial charge >= 0.3 is 0 Å². The molecule has 5 nitrogen and oxygen atoms in total. The number of nitrogens with zero attached hydrogens (tertiary/aromatic N) is 2. The molecule has 0 N–H and O–H groups in total. The molecule has 1 aromatic heterocycles. The molecule has 0 radical (unpaired) electrons. The van der Waals surface area contributed by atoms with Crippen LogP contribution in [0.2, 0.25) is 0 Å². The van der Waals surface area contributed by atoms with Crippen molar-refractivity contribution in [2.45, 2.75) is 51.9 Å². The summed E-state index contributed by atoms with van der Waals surface area (Å²) < 4.78 is 5.90. The molecule has 0 saturated carbocycles. The quantitative estimate of drug-likeness (QED) is 0.779. The number of fused-ring (bicyclic) bond motifs is 1. The van der Waals surface area contributed by atoms with Crippen LogP contribution in [0.1, 0.15) is 61.2 Å². The van der Waals surface area contributed by atoms with Crippen molar-refractivity contribution in [2.24, 2.45) is 0 Å². The fourth-order valence-electron chi connectivity index (χ4n) is 3.63. The predicted octanol–water partition coefficient (Wildman–Crippen LogP) is 2.32. The normalized spacial score (nSPS) is 14.5. The van der Waals surface area contributed by atoms with Crippen LogP contribution in [0, 0.1) is 18.8 Å². The molecule has 0 amide bonds. The van der Waals surface area contributed by atoms with Crippen LogP contribution in [0.4, 0.5) is 0 Å². The Kier molecular flexibility index (Phi) is 5.46. The first-order valence-corrected chi connectivity index (χ1v) is 9.30. The van der Waals surface area contributed by atoms with E-state index in [1.54, 1.807) is 12.1 Å². The summed E-state index contributed by atoms with van der Waals surface area (Å²) in [6, 6.07) is 7.52. The summed E-state index contributed by atoms with van der Waals surface area (Å²) in [6.45, 7) is 7.24. The smallest absolute Gasteiger partial charge is 0.136 e. The number of rotatable bonds is 4. The molecule has 0 atom stereocenters. The third-order valence-corrected chi connectivity index (χ3v) is 5.46. The van der Waals surface area contributed by atoms with Gasteiger partial charge in [0.25, 0.3) is 0 Å². The van der Waals surface area contributed by atoms with Gasteiger partial charge in [0, 0.05) is 28.9 Å². The molecule has 1 aliphatic rings. The zero-order chi connectivity index (χ0) is 19.4. The highest BCUT2D eigenvalue weighted by Gasteiger charge is 2.35. The van der Waals surface area contributed by atoms with Gasteiger partial charge in [0.05, 0.1) is 12.3 Å². The number of aliphatic carboxylic acids is 1. The first kappa shape index (κ1) is 18.9. The Bertz CT molecular complexity index is 904. The summed E-state index contributed by atoms with van der Waals surface area (Å²) in [5.41, 5.74) is 4.26. The zero-order valence-electron chi connectivity index (χ0n) is 16.0. The van der Waals surface area contributed by atoms with Gasteiger partial charge in [0.1, 0.15) is 11.4 Å². The Morgan fingerprint density at radius 3 is 2.63 bits per heavy atom. The lowest BCUT2D eigenvalue weighted by molar-refractivity contribution is -0.304. The van der Waals surface area contributed by atoms with Crippen LogP contribution < -0.4 is 9.84 Å². The van der Waals surface area contributed by atoms with Crippen molar-refractivity contribution >= 4 is 5.97 Å². The SMILES string of the molecule is CCC1(CC)CCOc2cc(C)c(C#Cc3ccc(CC(=O)[O-])nn3)cc21. The summed E-state index contributed by atoms with van der Waals surface area (Å²) in [4.78, 5) is 10.6. The van der Waals surface area contributed by atoms with Gasteiger partial charge in [-0.1, -0.05) is 19.8 Å². The van der Waals surface area contributed by atoms with Crippen molar-refractivity contribution in [3.63, 3.8) is 0 Å². The molecule has 2 aromatic rings. The molecule has 0 spiro atoms. The molecular weight excluding hydrogens is 340 g/mol. The maximum absolute atomic E-state index is 10.6. The number of benzene rings is 1. The number of carbonyl (C=O) groups is 1. The van der Waals surface area contributed by atoms with Crippen LogP contribution in [0.3, 0.4) is 0 Å². The highest BCUT2D eigenvalue weighted by molar-refractivity contribution is 5.67. The van der Waals surface area contributed by atoms with E-state index in [0.717, 1.165) is 42.7 Å². The van der Waals surface area contributed by atoms with E-state index in [2.05, 4.69) is 48.0 Å². The van der Waals surface area contributed by atoms with Gasteiger partial charge in [-0.25, -0.2) is 0 Å². The molecule has 27 heavy (non-hydrogen) atoms. The van der Waals surface area contributed by atoms with Crippen LogP contribution in [0.15, 0.2) is 24.3 Å². The van der Waals surface area contributed by atoms with Crippen molar-refractivity contribution in [3.8, 4) is 17.6 Å². The van der Waals surface area contributed by atoms with Crippen LogP contribution in [0.25, 0.3) is 0 Å². The number of aryl methyl sites for hydroxylation is 1. The second-order valence-electron chi connectivity index (χ2n) is 6.96. The molecule has 0 unspecified atom stereocenters. The van der Waals surface area contributed by atoms with E-state index in [9.17, 15) is 9.90 Å². The summed E-state index contributed by atoms with van der Waals surface area (Å²) in [7, 11) is 0. The predicted molar refractivity (Wildman–Crippen MR) is 100 cm³/mol. The lowest BCUT2D eigenvalue weighted by atomic mass is 9.71. The van der Waals surface area contributed by atoms with Crippen molar-refractivity contribution < 1.29 is 14.6 Å². The highest BCUT2D eigenvalue weighted by Crippen LogP contribution is 2.44. The van der Waals surface area contributed by atoms with Crippen LogP contribution in [0.5, 0.6) is 5.75 Å². The van der Waals surface area contributed by atoms with Crippen LogP contribution >= 0.6 is 0 Å². The summed E-state index contributed by atoms with van der Waals surface area (Å²) >= 11 is 0. The average Bonchev–Trinajstić information content (AvgIpc) is 2.66. The van der Waals surface area contributed by atoms with Gasteiger partial charge in [0.2, 0.25) is 0 Å². The molecule has 1 aromatic carbocycles. The Labute approximate surface area is 159 Å². The molecule has 0 bridgehead atoms. The monoisotopic (exact) mass is 363 g/mol. The fourth-order valence-corrected chi connectivity index (χ4v) is 3.63. The summed E-state index contributed by atoms with van der Waals surface area (Å²) in [5, 5.41) is 18.5. The molecule has 3 rings (SSSR count). The third-order valence-electron chi connectivity index (χ3n) is 5.46. The second-order valence-corrected chi connectivity index (χ2v) is 6.96. The zero-order valence-corrected chi connectivity index (χ0v) is 16.0. The number of ether oxygens (including phenoxy) is 1. The van der Waals surface area contributed by atoms with Crippen LogP contribution in [-0.4, -0.2) is 22.8 Å². The van der Waals surface area contributed by atoms with Crippen molar-refractivity contribution in [2.75, 3.05) is 6.61 Å². The molecule has 1 aliphatic heterocycles.